The Morgan fingerprint density at radius 1 is 1.00 bits per heavy atom. The molecule has 0 aliphatic heterocycles. The highest BCUT2D eigenvalue weighted by Crippen LogP contribution is 2.39. The number of thiophene rings is 1. The van der Waals surface area contributed by atoms with Crippen molar-refractivity contribution in [2.45, 2.75) is 19.9 Å². The fourth-order valence-electron chi connectivity index (χ4n) is 4.08. The van der Waals surface area contributed by atoms with Gasteiger partial charge in [0.2, 0.25) is 0 Å². The van der Waals surface area contributed by atoms with E-state index in [0.29, 0.717) is 26.9 Å². The largest absolute Gasteiger partial charge is 0.477 e. The molecule has 3 aromatic heterocycles. The number of carboxylic acid groups (broad SMARTS) is 1. The van der Waals surface area contributed by atoms with Crippen molar-refractivity contribution in [3.8, 4) is 21.8 Å². The highest BCUT2D eigenvalue weighted by molar-refractivity contribution is 7.18. The number of furan rings is 1. The third-order valence-electron chi connectivity index (χ3n) is 5.80. The quantitative estimate of drug-likeness (QED) is 0.230. The number of pyridine rings is 1. The van der Waals surface area contributed by atoms with Crippen molar-refractivity contribution in [1.29, 1.82) is 0 Å². The lowest BCUT2D eigenvalue weighted by Gasteiger charge is -2.27. The SMILES string of the molecule is CC(C)N(C(=O)c1ccc(Cl)cc1Cl)c1cc(-c2ccc(-c3cc4ncccc4o3)cc2)sc1C(=O)O. The number of amides is 1. The number of carbonyl (C=O) groups is 2. The summed E-state index contributed by atoms with van der Waals surface area (Å²) >= 11 is 13.4. The Hall–Kier alpha value is -3.65. The Kier molecular flexibility index (Phi) is 6.77. The molecular weight excluding hydrogens is 531 g/mol. The minimum Gasteiger partial charge on any atom is -0.477 e. The number of rotatable bonds is 6. The van der Waals surface area contributed by atoms with E-state index in [0.717, 1.165) is 28.0 Å². The molecule has 0 bridgehead atoms. The second kappa shape index (κ2) is 10.0. The molecule has 1 amide bonds. The van der Waals surface area contributed by atoms with Gasteiger partial charge in [-0.2, -0.15) is 0 Å². The monoisotopic (exact) mass is 550 g/mol. The van der Waals surface area contributed by atoms with Crippen LogP contribution in [-0.2, 0) is 0 Å². The number of nitrogens with zero attached hydrogens (tertiary/aromatic N) is 2. The number of aromatic nitrogens is 1. The molecule has 0 fully saturated rings. The van der Waals surface area contributed by atoms with Gasteiger partial charge in [0, 0.05) is 33.8 Å². The third-order valence-corrected chi connectivity index (χ3v) is 7.51. The van der Waals surface area contributed by atoms with Crippen LogP contribution in [0, 0.1) is 0 Å². The van der Waals surface area contributed by atoms with Crippen LogP contribution >= 0.6 is 34.5 Å². The van der Waals surface area contributed by atoms with Crippen LogP contribution < -0.4 is 4.90 Å². The zero-order valence-electron chi connectivity index (χ0n) is 19.7. The molecule has 0 radical (unpaired) electrons. The minimum absolute atomic E-state index is 0.0644. The number of hydrogen-bond acceptors (Lipinski definition) is 5. The summed E-state index contributed by atoms with van der Waals surface area (Å²) in [6.07, 6.45) is 1.71. The number of benzene rings is 2. The first-order valence-electron chi connectivity index (χ1n) is 11.3. The van der Waals surface area contributed by atoms with Crippen molar-refractivity contribution < 1.29 is 19.1 Å². The standard InChI is InChI=1S/C28H20Cl2N2O4S/c1-15(2)32(27(33)19-10-9-18(29)12-20(19)30)22-14-25(37-26(22)28(34)35)17-7-5-16(6-8-17)24-13-21-23(36-24)4-3-11-31-21/h3-15H,1-2H3,(H,34,35). The van der Waals surface area contributed by atoms with Crippen LogP contribution in [-0.4, -0.2) is 28.0 Å². The van der Waals surface area contributed by atoms with Crippen LogP contribution in [0.25, 0.3) is 32.9 Å². The van der Waals surface area contributed by atoms with Gasteiger partial charge in [0.1, 0.15) is 16.2 Å². The van der Waals surface area contributed by atoms with Crippen molar-refractivity contribution >= 4 is 63.2 Å². The number of halogens is 2. The van der Waals surface area contributed by atoms with Gasteiger partial charge in [-0.15, -0.1) is 11.3 Å². The summed E-state index contributed by atoms with van der Waals surface area (Å²) in [6, 6.07) is 19.2. The zero-order valence-corrected chi connectivity index (χ0v) is 22.1. The van der Waals surface area contributed by atoms with Gasteiger partial charge in [-0.25, -0.2) is 4.79 Å². The second-order valence-corrected chi connectivity index (χ2v) is 10.5. The molecular formula is C28H20Cl2N2O4S. The van der Waals surface area contributed by atoms with Crippen LogP contribution in [0.3, 0.4) is 0 Å². The van der Waals surface area contributed by atoms with Crippen LogP contribution in [0.2, 0.25) is 10.0 Å². The van der Waals surface area contributed by atoms with Gasteiger partial charge < -0.3 is 14.4 Å². The highest BCUT2D eigenvalue weighted by Gasteiger charge is 2.29. The molecule has 0 aliphatic carbocycles. The van der Waals surface area contributed by atoms with Gasteiger partial charge >= 0.3 is 5.97 Å². The van der Waals surface area contributed by atoms with E-state index in [1.807, 2.05) is 56.3 Å². The lowest BCUT2D eigenvalue weighted by molar-refractivity contribution is 0.0703. The molecule has 6 nitrogen and oxygen atoms in total. The molecule has 1 N–H and O–H groups in total. The first kappa shape index (κ1) is 25.0. The summed E-state index contributed by atoms with van der Waals surface area (Å²) in [5, 5.41) is 10.6. The Bertz CT molecular complexity index is 1610. The maximum atomic E-state index is 13.5. The predicted octanol–water partition coefficient (Wildman–Crippen LogP) is 8.28. The summed E-state index contributed by atoms with van der Waals surface area (Å²) < 4.78 is 5.90. The van der Waals surface area contributed by atoms with Gasteiger partial charge in [0.25, 0.3) is 5.91 Å². The highest BCUT2D eigenvalue weighted by atomic mass is 35.5. The van der Waals surface area contributed by atoms with Crippen molar-refractivity contribution in [2.24, 2.45) is 0 Å². The summed E-state index contributed by atoms with van der Waals surface area (Å²) in [7, 11) is 0. The smallest absolute Gasteiger partial charge is 0.348 e. The van der Waals surface area contributed by atoms with Crippen molar-refractivity contribution in [3.63, 3.8) is 0 Å². The fourth-order valence-corrected chi connectivity index (χ4v) is 5.56. The summed E-state index contributed by atoms with van der Waals surface area (Å²) in [5.74, 6) is -0.828. The Morgan fingerprint density at radius 3 is 2.38 bits per heavy atom. The first-order valence-corrected chi connectivity index (χ1v) is 12.9. The summed E-state index contributed by atoms with van der Waals surface area (Å²) in [6.45, 7) is 3.64. The second-order valence-electron chi connectivity index (χ2n) is 8.60. The van der Waals surface area contributed by atoms with E-state index >= 15 is 0 Å². The maximum Gasteiger partial charge on any atom is 0.348 e. The van der Waals surface area contributed by atoms with Gasteiger partial charge in [-0.1, -0.05) is 47.5 Å². The van der Waals surface area contributed by atoms with Crippen molar-refractivity contribution in [3.05, 3.63) is 93.4 Å². The van der Waals surface area contributed by atoms with E-state index in [-0.39, 0.29) is 21.5 Å². The number of fused-ring (bicyclic) bond motifs is 1. The molecule has 5 aromatic rings. The van der Waals surface area contributed by atoms with Crippen LogP contribution in [0.4, 0.5) is 5.69 Å². The number of hydrogen-bond donors (Lipinski definition) is 1. The molecule has 186 valence electrons. The normalized spacial score (nSPS) is 11.3. The van der Waals surface area contributed by atoms with E-state index in [1.165, 1.54) is 11.0 Å². The van der Waals surface area contributed by atoms with Crippen molar-refractivity contribution in [1.82, 2.24) is 4.98 Å². The first-order chi connectivity index (χ1) is 17.7. The molecule has 2 aromatic carbocycles. The third kappa shape index (κ3) is 4.85. The topological polar surface area (TPSA) is 83.6 Å². The molecule has 0 aliphatic rings. The van der Waals surface area contributed by atoms with Gasteiger partial charge in [-0.3, -0.25) is 9.78 Å². The van der Waals surface area contributed by atoms with E-state index < -0.39 is 11.9 Å². The van der Waals surface area contributed by atoms with E-state index in [1.54, 1.807) is 24.4 Å². The molecule has 5 rings (SSSR count). The van der Waals surface area contributed by atoms with E-state index in [2.05, 4.69) is 4.98 Å². The molecule has 0 unspecified atom stereocenters. The number of carboxylic acids is 1. The summed E-state index contributed by atoms with van der Waals surface area (Å²) in [4.78, 5) is 32.2. The van der Waals surface area contributed by atoms with E-state index in [4.69, 9.17) is 27.6 Å². The number of carbonyl (C=O) groups excluding carboxylic acids is 1. The molecule has 0 spiro atoms. The maximum absolute atomic E-state index is 13.5. The molecule has 0 saturated heterocycles. The Morgan fingerprint density at radius 2 is 1.73 bits per heavy atom. The van der Waals surface area contributed by atoms with Crippen LogP contribution in [0.15, 0.2) is 77.3 Å². The molecule has 0 saturated carbocycles. The minimum atomic E-state index is -1.11. The lowest BCUT2D eigenvalue weighted by atomic mass is 10.1. The predicted molar refractivity (Wildman–Crippen MR) is 148 cm³/mol. The van der Waals surface area contributed by atoms with E-state index in [9.17, 15) is 14.7 Å². The Labute approximate surface area is 226 Å². The molecule has 9 heteroatoms. The van der Waals surface area contributed by atoms with Gasteiger partial charge in [0.15, 0.2) is 5.58 Å². The van der Waals surface area contributed by atoms with Crippen LogP contribution in [0.1, 0.15) is 33.9 Å². The fraction of sp³-hybridized carbons (Fsp3) is 0.107. The number of aromatic carboxylic acids is 1. The average molecular weight is 551 g/mol. The Balaban J connectivity index is 1.52. The van der Waals surface area contributed by atoms with Gasteiger partial charge in [0.05, 0.1) is 16.3 Å². The molecule has 3 heterocycles. The average Bonchev–Trinajstić information content (AvgIpc) is 3.49. The van der Waals surface area contributed by atoms with Gasteiger partial charge in [-0.05, 0) is 55.8 Å². The molecule has 37 heavy (non-hydrogen) atoms. The van der Waals surface area contributed by atoms with Crippen LogP contribution in [0.5, 0.6) is 0 Å². The number of anilines is 1. The lowest BCUT2D eigenvalue weighted by Crippen LogP contribution is -2.37. The summed E-state index contributed by atoms with van der Waals surface area (Å²) in [5.41, 5.74) is 3.72. The molecule has 0 atom stereocenters. The zero-order chi connectivity index (χ0) is 26.3. The van der Waals surface area contributed by atoms with Crippen molar-refractivity contribution in [2.75, 3.05) is 4.90 Å².